The van der Waals surface area contributed by atoms with Crippen molar-refractivity contribution >= 4 is 40.0 Å². The maximum Gasteiger partial charge on any atom is 0.213 e. The highest BCUT2D eigenvalue weighted by Gasteiger charge is 2.20. The van der Waals surface area contributed by atoms with E-state index in [2.05, 4.69) is 34.2 Å². The third kappa shape index (κ3) is 12.1. The molecule has 9 heteroatoms. The number of rotatable bonds is 13. The molecule has 1 unspecified atom stereocenters. The van der Waals surface area contributed by atoms with E-state index >= 15 is 0 Å². The van der Waals surface area contributed by atoms with Gasteiger partial charge in [0.25, 0.3) is 0 Å². The Morgan fingerprint density at radius 3 is 2.44 bits per heavy atom. The second-order valence-electron chi connectivity index (χ2n) is 7.18. The first kappa shape index (κ1) is 26.9. The monoisotopic (exact) mass is 518 g/mol. The summed E-state index contributed by atoms with van der Waals surface area (Å²) in [6, 6.07) is 0. The first-order chi connectivity index (χ1) is 12.4. The van der Waals surface area contributed by atoms with Crippen LogP contribution >= 0.6 is 24.0 Å². The number of aliphatic imine (C=N–C) groups is 1. The maximum atomic E-state index is 12.0. The minimum Gasteiger partial charge on any atom is -0.378 e. The lowest BCUT2D eigenvalue weighted by Gasteiger charge is -2.25. The Kier molecular flexibility index (Phi) is 14.7. The molecule has 1 aliphatic rings. The van der Waals surface area contributed by atoms with Gasteiger partial charge in [0.1, 0.15) is 0 Å². The van der Waals surface area contributed by atoms with Crippen LogP contribution in [0.2, 0.25) is 0 Å². The molecule has 3 N–H and O–H groups in total. The quantitative estimate of drug-likeness (QED) is 0.198. The van der Waals surface area contributed by atoms with E-state index in [9.17, 15) is 8.42 Å². The van der Waals surface area contributed by atoms with Gasteiger partial charge in [0.15, 0.2) is 5.96 Å². The Labute approximate surface area is 183 Å². The Bertz CT molecular complexity index is 511. The van der Waals surface area contributed by atoms with Gasteiger partial charge in [0.2, 0.25) is 10.0 Å². The van der Waals surface area contributed by atoms with Crippen molar-refractivity contribution < 1.29 is 13.2 Å². The Hall–Kier alpha value is -0.130. The number of nitrogens with zero attached hydrogens (tertiary/aromatic N) is 1. The average molecular weight is 519 g/mol. The molecule has 0 amide bonds. The number of ether oxygens (including phenoxy) is 1. The van der Waals surface area contributed by atoms with Crippen molar-refractivity contribution in [3.05, 3.63) is 0 Å². The van der Waals surface area contributed by atoms with E-state index in [1.165, 1.54) is 6.42 Å². The minimum atomic E-state index is -3.23. The summed E-state index contributed by atoms with van der Waals surface area (Å²) in [6.45, 7) is 11.3. The molecule has 0 spiro atoms. The normalized spacial score (nSPS) is 16.6. The van der Waals surface area contributed by atoms with Gasteiger partial charge in [-0.25, -0.2) is 13.1 Å². The molecular formula is C18H39IN4O3S. The zero-order chi connectivity index (χ0) is 19.4. The van der Waals surface area contributed by atoms with Crippen LogP contribution in [0.4, 0.5) is 0 Å². The van der Waals surface area contributed by atoms with Crippen LogP contribution in [0, 0.1) is 11.8 Å². The van der Waals surface area contributed by atoms with Crippen LogP contribution in [0.15, 0.2) is 4.99 Å². The third-order valence-electron chi connectivity index (χ3n) is 4.63. The van der Waals surface area contributed by atoms with Gasteiger partial charge in [0, 0.05) is 32.8 Å². The van der Waals surface area contributed by atoms with Crippen LogP contribution in [0.25, 0.3) is 0 Å². The second kappa shape index (κ2) is 14.8. The average Bonchev–Trinajstić information content (AvgIpc) is 2.52. The number of nitrogens with one attached hydrogen (secondary N) is 3. The molecule has 162 valence electrons. The molecule has 27 heavy (non-hydrogen) atoms. The minimum absolute atomic E-state index is 0. The molecule has 0 radical (unpaired) electrons. The van der Waals surface area contributed by atoms with Gasteiger partial charge in [-0.15, -0.1) is 24.0 Å². The predicted molar refractivity (Wildman–Crippen MR) is 123 cm³/mol. The van der Waals surface area contributed by atoms with Crippen LogP contribution in [-0.4, -0.2) is 59.0 Å². The lowest BCUT2D eigenvalue weighted by atomic mass is 9.86. The lowest BCUT2D eigenvalue weighted by molar-refractivity contribution is 0.0266. The van der Waals surface area contributed by atoms with E-state index in [-0.39, 0.29) is 35.8 Å². The van der Waals surface area contributed by atoms with E-state index in [1.807, 2.05) is 13.8 Å². The van der Waals surface area contributed by atoms with Crippen LogP contribution in [0.5, 0.6) is 0 Å². The van der Waals surface area contributed by atoms with Crippen LogP contribution < -0.4 is 15.4 Å². The molecule has 0 aromatic carbocycles. The second-order valence-corrected chi connectivity index (χ2v) is 9.10. The number of hydrogen-bond donors (Lipinski definition) is 3. The summed E-state index contributed by atoms with van der Waals surface area (Å²) in [5.41, 5.74) is 0. The van der Waals surface area contributed by atoms with Crippen molar-refractivity contribution in [2.75, 3.05) is 38.5 Å². The number of guanidine groups is 1. The van der Waals surface area contributed by atoms with E-state index in [0.717, 1.165) is 25.8 Å². The van der Waals surface area contributed by atoms with Gasteiger partial charge in [-0.05, 0) is 44.9 Å². The van der Waals surface area contributed by atoms with Gasteiger partial charge in [-0.1, -0.05) is 20.3 Å². The molecule has 1 saturated carbocycles. The molecule has 0 heterocycles. The molecule has 0 saturated heterocycles. The topological polar surface area (TPSA) is 91.8 Å². The molecule has 0 bridgehead atoms. The Morgan fingerprint density at radius 1 is 1.22 bits per heavy atom. The summed E-state index contributed by atoms with van der Waals surface area (Å²) < 4.78 is 32.5. The fraction of sp³-hybridized carbons (Fsp3) is 0.944. The molecule has 1 rings (SSSR count). The summed E-state index contributed by atoms with van der Waals surface area (Å²) in [7, 11) is -3.23. The van der Waals surface area contributed by atoms with Crippen molar-refractivity contribution in [3.63, 3.8) is 0 Å². The molecule has 1 aliphatic carbocycles. The summed E-state index contributed by atoms with van der Waals surface area (Å²) in [4.78, 5) is 4.53. The van der Waals surface area contributed by atoms with Gasteiger partial charge >= 0.3 is 0 Å². The van der Waals surface area contributed by atoms with Crippen molar-refractivity contribution in [3.8, 4) is 0 Å². The van der Waals surface area contributed by atoms with E-state index in [4.69, 9.17) is 4.74 Å². The lowest BCUT2D eigenvalue weighted by Crippen LogP contribution is -2.42. The van der Waals surface area contributed by atoms with Crippen LogP contribution in [0.1, 0.15) is 53.4 Å². The van der Waals surface area contributed by atoms with Crippen LogP contribution in [0.3, 0.4) is 0 Å². The molecular weight excluding hydrogens is 479 g/mol. The summed E-state index contributed by atoms with van der Waals surface area (Å²) in [5, 5.41) is 6.26. The Balaban J connectivity index is 0.00000676. The third-order valence-corrected chi connectivity index (χ3v) is 5.98. The molecule has 0 aromatic rings. The molecule has 7 nitrogen and oxygen atoms in total. The zero-order valence-corrected chi connectivity index (χ0v) is 20.4. The van der Waals surface area contributed by atoms with Gasteiger partial charge in [-0.2, -0.15) is 0 Å². The van der Waals surface area contributed by atoms with Crippen molar-refractivity contribution in [2.45, 2.75) is 59.5 Å². The molecule has 0 aliphatic heterocycles. The predicted octanol–water partition coefficient (Wildman–Crippen LogP) is 2.33. The maximum absolute atomic E-state index is 12.0. The highest BCUT2D eigenvalue weighted by molar-refractivity contribution is 14.0. The van der Waals surface area contributed by atoms with E-state index in [0.29, 0.717) is 44.0 Å². The van der Waals surface area contributed by atoms with E-state index in [1.54, 1.807) is 0 Å². The summed E-state index contributed by atoms with van der Waals surface area (Å²) in [6.07, 6.45) is 4.54. The smallest absolute Gasteiger partial charge is 0.213 e. The van der Waals surface area contributed by atoms with Gasteiger partial charge < -0.3 is 15.4 Å². The molecule has 0 aromatic heterocycles. The highest BCUT2D eigenvalue weighted by atomic mass is 127. The first-order valence-corrected chi connectivity index (χ1v) is 11.6. The number of halogens is 1. The zero-order valence-electron chi connectivity index (χ0n) is 17.3. The van der Waals surface area contributed by atoms with Gasteiger partial charge in [-0.3, -0.25) is 4.99 Å². The van der Waals surface area contributed by atoms with Crippen LogP contribution in [-0.2, 0) is 14.8 Å². The molecule has 1 atom stereocenters. The number of hydrogen-bond acceptors (Lipinski definition) is 4. The first-order valence-electron chi connectivity index (χ1n) is 9.99. The highest BCUT2D eigenvalue weighted by Crippen LogP contribution is 2.25. The number of sulfonamides is 1. The largest absolute Gasteiger partial charge is 0.378 e. The van der Waals surface area contributed by atoms with Crippen molar-refractivity contribution in [1.29, 1.82) is 0 Å². The summed E-state index contributed by atoms with van der Waals surface area (Å²) in [5.74, 6) is 1.68. The van der Waals surface area contributed by atoms with Gasteiger partial charge in [0.05, 0.1) is 11.9 Å². The fourth-order valence-electron chi connectivity index (χ4n) is 2.79. The van der Waals surface area contributed by atoms with Crippen molar-refractivity contribution in [2.24, 2.45) is 16.8 Å². The summed E-state index contributed by atoms with van der Waals surface area (Å²) >= 11 is 0. The SMILES string of the molecule is CCNC(=NCCC(OCC)C(C)C)NCCS(=O)(=O)NCC1CCC1.I. The van der Waals surface area contributed by atoms with Crippen molar-refractivity contribution in [1.82, 2.24) is 15.4 Å². The fourth-order valence-corrected chi connectivity index (χ4v) is 3.79. The van der Waals surface area contributed by atoms with E-state index < -0.39 is 10.0 Å². The molecule has 1 fully saturated rings. The standard InChI is InChI=1S/C18H38N4O3S.HI/c1-5-19-18(20-11-10-17(15(3)4)25-6-2)21-12-13-26(23,24)22-14-16-8-7-9-16;/h15-17,22H,5-14H2,1-4H3,(H2,19,20,21);1H. The Morgan fingerprint density at radius 2 is 1.93 bits per heavy atom.